The van der Waals surface area contributed by atoms with Crippen molar-refractivity contribution in [1.82, 2.24) is 20.5 Å². The number of nitrogens with zero attached hydrogens (tertiary/aromatic N) is 3. The van der Waals surface area contributed by atoms with E-state index in [1.165, 1.54) is 23.5 Å². The van der Waals surface area contributed by atoms with Crippen LogP contribution in [-0.2, 0) is 6.54 Å². The molecule has 0 atom stereocenters. The van der Waals surface area contributed by atoms with E-state index in [-0.39, 0.29) is 17.4 Å². The van der Waals surface area contributed by atoms with Crippen molar-refractivity contribution in [3.63, 3.8) is 0 Å². The van der Waals surface area contributed by atoms with Crippen molar-refractivity contribution >= 4 is 23.1 Å². The van der Waals surface area contributed by atoms with Crippen molar-refractivity contribution in [3.05, 3.63) is 34.4 Å². The van der Waals surface area contributed by atoms with Crippen LogP contribution in [0, 0.1) is 0 Å². The summed E-state index contributed by atoms with van der Waals surface area (Å²) in [5, 5.41) is 12.7. The molecule has 2 aromatic rings. The number of anilines is 1. The van der Waals surface area contributed by atoms with E-state index in [0.29, 0.717) is 6.54 Å². The molecule has 2 rings (SSSR count). The Kier molecular flexibility index (Phi) is 3.06. The van der Waals surface area contributed by atoms with Gasteiger partial charge in [0.2, 0.25) is 0 Å². The van der Waals surface area contributed by atoms with Gasteiger partial charge in [-0.05, 0) is 12.1 Å². The lowest BCUT2D eigenvalue weighted by molar-refractivity contribution is 0.0945. The Morgan fingerprint density at radius 1 is 1.44 bits per heavy atom. The quantitative estimate of drug-likeness (QED) is 0.805. The van der Waals surface area contributed by atoms with Crippen LogP contribution in [0.15, 0.2) is 23.7 Å². The summed E-state index contributed by atoms with van der Waals surface area (Å²) >= 11 is 1.48. The molecule has 0 aliphatic heterocycles. The zero-order valence-electron chi connectivity index (χ0n) is 8.25. The van der Waals surface area contributed by atoms with E-state index in [4.69, 9.17) is 5.73 Å². The first-order valence-electron chi connectivity index (χ1n) is 4.51. The maximum atomic E-state index is 11.6. The number of rotatable bonds is 3. The number of hydrogen-bond donors (Lipinski definition) is 2. The van der Waals surface area contributed by atoms with Crippen LogP contribution in [0.4, 0.5) is 5.82 Å². The summed E-state index contributed by atoms with van der Waals surface area (Å²) in [5.41, 5.74) is 5.61. The van der Waals surface area contributed by atoms with Crippen LogP contribution in [0.5, 0.6) is 0 Å². The number of amides is 1. The van der Waals surface area contributed by atoms with Gasteiger partial charge in [0.25, 0.3) is 5.91 Å². The average molecular weight is 235 g/mol. The van der Waals surface area contributed by atoms with Gasteiger partial charge in [-0.1, -0.05) is 0 Å². The monoisotopic (exact) mass is 235 g/mol. The molecule has 0 fully saturated rings. The Balaban J connectivity index is 1.95. The predicted octanol–water partition coefficient (Wildman–Crippen LogP) is 0.445. The standard InChI is InChI=1S/C9H9N5OS/c10-7-2-1-6(13-14-7)9(15)12-5-8-11-3-4-16-8/h1-4H,5H2,(H2,10,14)(H,12,15). The third-order valence-electron chi connectivity index (χ3n) is 1.80. The molecule has 7 heteroatoms. The SMILES string of the molecule is Nc1ccc(C(=O)NCc2nccs2)nn1. The summed E-state index contributed by atoms with van der Waals surface area (Å²) in [6.07, 6.45) is 1.69. The number of aromatic nitrogens is 3. The second kappa shape index (κ2) is 4.67. The summed E-state index contributed by atoms with van der Waals surface area (Å²) in [5.74, 6) is -0.000765. The average Bonchev–Trinajstić information content (AvgIpc) is 2.80. The molecule has 1 amide bonds. The minimum absolute atomic E-state index is 0.241. The number of nitrogens with two attached hydrogens (primary N) is 1. The summed E-state index contributed by atoms with van der Waals surface area (Å²) in [6.45, 7) is 0.391. The van der Waals surface area contributed by atoms with Crippen LogP contribution in [0.2, 0.25) is 0 Å². The van der Waals surface area contributed by atoms with Crippen LogP contribution in [-0.4, -0.2) is 21.1 Å². The maximum Gasteiger partial charge on any atom is 0.272 e. The number of nitrogens with one attached hydrogen (secondary N) is 1. The van der Waals surface area contributed by atoms with E-state index >= 15 is 0 Å². The van der Waals surface area contributed by atoms with E-state index in [1.54, 1.807) is 6.20 Å². The van der Waals surface area contributed by atoms with Gasteiger partial charge in [0.1, 0.15) is 10.8 Å². The fraction of sp³-hybridized carbons (Fsp3) is 0.111. The largest absolute Gasteiger partial charge is 0.382 e. The Labute approximate surface area is 95.5 Å². The molecule has 0 saturated carbocycles. The molecule has 0 aromatic carbocycles. The number of nitrogen functional groups attached to an aromatic ring is 1. The second-order valence-corrected chi connectivity index (χ2v) is 3.93. The third-order valence-corrected chi connectivity index (χ3v) is 2.58. The molecule has 16 heavy (non-hydrogen) atoms. The molecule has 0 radical (unpaired) electrons. The third kappa shape index (κ3) is 2.51. The minimum Gasteiger partial charge on any atom is -0.382 e. The van der Waals surface area contributed by atoms with Gasteiger partial charge in [0.05, 0.1) is 6.54 Å². The summed E-state index contributed by atoms with van der Waals surface area (Å²) in [4.78, 5) is 15.6. The van der Waals surface area contributed by atoms with E-state index < -0.39 is 0 Å². The molecule has 6 nitrogen and oxygen atoms in total. The number of thiazole rings is 1. The fourth-order valence-electron chi connectivity index (χ4n) is 1.05. The molecule has 2 aromatic heterocycles. The van der Waals surface area contributed by atoms with E-state index in [1.807, 2.05) is 5.38 Å². The molecule has 2 heterocycles. The Hall–Kier alpha value is -2.02. The van der Waals surface area contributed by atoms with E-state index in [9.17, 15) is 4.79 Å². The summed E-state index contributed by atoms with van der Waals surface area (Å²) in [7, 11) is 0. The molecule has 82 valence electrons. The molecular weight excluding hydrogens is 226 g/mol. The number of hydrogen-bond acceptors (Lipinski definition) is 6. The van der Waals surface area contributed by atoms with Crippen molar-refractivity contribution < 1.29 is 4.79 Å². The normalized spacial score (nSPS) is 10.0. The van der Waals surface area contributed by atoms with Crippen molar-refractivity contribution in [2.24, 2.45) is 0 Å². The first-order chi connectivity index (χ1) is 7.75. The Morgan fingerprint density at radius 2 is 2.31 bits per heavy atom. The van der Waals surface area contributed by atoms with Gasteiger partial charge >= 0.3 is 0 Å². The number of carbonyl (C=O) groups is 1. The Morgan fingerprint density at radius 3 is 2.94 bits per heavy atom. The van der Waals surface area contributed by atoms with Gasteiger partial charge in [-0.3, -0.25) is 4.79 Å². The van der Waals surface area contributed by atoms with E-state index in [0.717, 1.165) is 5.01 Å². The molecule has 0 spiro atoms. The summed E-state index contributed by atoms with van der Waals surface area (Å²) in [6, 6.07) is 3.06. The van der Waals surface area contributed by atoms with Gasteiger partial charge in [0.15, 0.2) is 5.69 Å². The zero-order valence-corrected chi connectivity index (χ0v) is 9.07. The highest BCUT2D eigenvalue weighted by Gasteiger charge is 2.07. The first-order valence-corrected chi connectivity index (χ1v) is 5.39. The predicted molar refractivity (Wildman–Crippen MR) is 59.7 cm³/mol. The maximum absolute atomic E-state index is 11.6. The van der Waals surface area contributed by atoms with Crippen molar-refractivity contribution in [2.45, 2.75) is 6.54 Å². The van der Waals surface area contributed by atoms with Crippen LogP contribution < -0.4 is 11.1 Å². The fourth-order valence-corrected chi connectivity index (χ4v) is 1.61. The van der Waals surface area contributed by atoms with Gasteiger partial charge in [-0.15, -0.1) is 21.5 Å². The van der Waals surface area contributed by atoms with Crippen LogP contribution >= 0.6 is 11.3 Å². The van der Waals surface area contributed by atoms with Gasteiger partial charge in [-0.2, -0.15) is 0 Å². The lowest BCUT2D eigenvalue weighted by Crippen LogP contribution is -2.24. The van der Waals surface area contributed by atoms with Crippen LogP contribution in [0.3, 0.4) is 0 Å². The van der Waals surface area contributed by atoms with Crippen molar-refractivity contribution in [3.8, 4) is 0 Å². The summed E-state index contributed by atoms with van der Waals surface area (Å²) < 4.78 is 0. The molecule has 0 aliphatic carbocycles. The lowest BCUT2D eigenvalue weighted by atomic mass is 10.3. The minimum atomic E-state index is -0.289. The second-order valence-electron chi connectivity index (χ2n) is 2.95. The van der Waals surface area contributed by atoms with Gasteiger partial charge in [0, 0.05) is 11.6 Å². The van der Waals surface area contributed by atoms with E-state index in [2.05, 4.69) is 20.5 Å². The molecule has 0 unspecified atom stereocenters. The molecule has 3 N–H and O–H groups in total. The highest BCUT2D eigenvalue weighted by atomic mass is 32.1. The van der Waals surface area contributed by atoms with Gasteiger partial charge < -0.3 is 11.1 Å². The lowest BCUT2D eigenvalue weighted by Gasteiger charge is -2.01. The molecule has 0 bridgehead atoms. The smallest absolute Gasteiger partial charge is 0.272 e. The highest BCUT2D eigenvalue weighted by molar-refractivity contribution is 7.09. The van der Waals surface area contributed by atoms with Gasteiger partial charge in [-0.25, -0.2) is 4.98 Å². The van der Waals surface area contributed by atoms with Crippen molar-refractivity contribution in [1.29, 1.82) is 0 Å². The Bertz CT molecular complexity index is 467. The van der Waals surface area contributed by atoms with Crippen LogP contribution in [0.25, 0.3) is 0 Å². The molecular formula is C9H9N5OS. The van der Waals surface area contributed by atoms with Crippen molar-refractivity contribution in [2.75, 3.05) is 5.73 Å². The number of carbonyl (C=O) groups excluding carboxylic acids is 1. The topological polar surface area (TPSA) is 93.8 Å². The molecule has 0 saturated heterocycles. The molecule has 0 aliphatic rings. The van der Waals surface area contributed by atoms with Crippen LogP contribution in [0.1, 0.15) is 15.5 Å². The first kappa shape index (κ1) is 10.5. The zero-order chi connectivity index (χ0) is 11.4. The highest BCUT2D eigenvalue weighted by Crippen LogP contribution is 2.03.